The summed E-state index contributed by atoms with van der Waals surface area (Å²) in [5.41, 5.74) is 2.21. The zero-order valence-corrected chi connectivity index (χ0v) is 22.0. The largest absolute Gasteiger partial charge is 0.490 e. The minimum absolute atomic E-state index is 0.0786. The van der Waals surface area contributed by atoms with Crippen LogP contribution in [0.5, 0.6) is 5.75 Å². The van der Waals surface area contributed by atoms with Crippen molar-refractivity contribution in [3.05, 3.63) is 95.6 Å². The first kappa shape index (κ1) is 27.7. The van der Waals surface area contributed by atoms with Crippen LogP contribution in [0.25, 0.3) is 27.8 Å². The van der Waals surface area contributed by atoms with E-state index in [9.17, 15) is 8.78 Å². The van der Waals surface area contributed by atoms with Crippen molar-refractivity contribution in [1.82, 2.24) is 0 Å². The SMILES string of the molecule is CC=CC1CC=C(c2ccc(-c3ccc(-c4ccc(OCCCCCC)c(F)c4F)cc3)c(F)c2F)CC1. The summed E-state index contributed by atoms with van der Waals surface area (Å²) in [5, 5.41) is 0. The van der Waals surface area contributed by atoms with E-state index in [1.54, 1.807) is 36.4 Å². The van der Waals surface area contributed by atoms with Crippen LogP contribution < -0.4 is 4.74 Å². The molecule has 0 aromatic heterocycles. The number of unbranched alkanes of at least 4 members (excludes halogenated alkanes) is 3. The fourth-order valence-corrected chi connectivity index (χ4v) is 4.97. The fraction of sp³-hybridized carbons (Fsp3) is 0.333. The van der Waals surface area contributed by atoms with Gasteiger partial charge in [-0.3, -0.25) is 0 Å². The minimum Gasteiger partial charge on any atom is -0.490 e. The van der Waals surface area contributed by atoms with E-state index in [-0.39, 0.29) is 16.9 Å². The highest BCUT2D eigenvalue weighted by atomic mass is 19.2. The van der Waals surface area contributed by atoms with Gasteiger partial charge in [0.2, 0.25) is 5.82 Å². The molecule has 4 rings (SSSR count). The Kier molecular flexibility index (Phi) is 9.43. The quantitative estimate of drug-likeness (QED) is 0.146. The van der Waals surface area contributed by atoms with Gasteiger partial charge in [-0.15, -0.1) is 0 Å². The van der Waals surface area contributed by atoms with Gasteiger partial charge in [-0.25, -0.2) is 13.2 Å². The van der Waals surface area contributed by atoms with E-state index >= 15 is 8.78 Å². The second-order valence-electron chi connectivity index (χ2n) is 9.80. The van der Waals surface area contributed by atoms with E-state index in [1.165, 1.54) is 12.1 Å². The predicted octanol–water partition coefficient (Wildman–Crippen LogP) is 10.3. The molecule has 0 spiro atoms. The maximum atomic E-state index is 15.1. The van der Waals surface area contributed by atoms with Crippen molar-refractivity contribution in [3.63, 3.8) is 0 Å². The van der Waals surface area contributed by atoms with Crippen LogP contribution in [0.2, 0.25) is 0 Å². The lowest BCUT2D eigenvalue weighted by Gasteiger charge is -2.20. The molecule has 0 N–H and O–H groups in total. The number of hydrogen-bond donors (Lipinski definition) is 0. The van der Waals surface area contributed by atoms with Gasteiger partial charge in [0.05, 0.1) is 6.61 Å². The molecular formula is C33H34F4O. The summed E-state index contributed by atoms with van der Waals surface area (Å²) < 4.78 is 65.1. The summed E-state index contributed by atoms with van der Waals surface area (Å²) in [6.07, 6.45) is 12.5. The van der Waals surface area contributed by atoms with Crippen molar-refractivity contribution >= 4 is 5.57 Å². The second-order valence-corrected chi connectivity index (χ2v) is 9.80. The summed E-state index contributed by atoms with van der Waals surface area (Å²) in [6.45, 7) is 4.41. The van der Waals surface area contributed by atoms with E-state index < -0.39 is 23.3 Å². The molecule has 0 bridgehead atoms. The molecule has 200 valence electrons. The average Bonchev–Trinajstić information content (AvgIpc) is 2.93. The molecule has 1 nitrogen and oxygen atoms in total. The highest BCUT2D eigenvalue weighted by Gasteiger charge is 2.21. The zero-order chi connectivity index (χ0) is 27.1. The third-order valence-electron chi connectivity index (χ3n) is 7.15. The van der Waals surface area contributed by atoms with Crippen LogP contribution in [-0.2, 0) is 0 Å². The number of hydrogen-bond acceptors (Lipinski definition) is 1. The molecule has 3 aromatic rings. The van der Waals surface area contributed by atoms with E-state index in [2.05, 4.69) is 13.0 Å². The van der Waals surface area contributed by atoms with Gasteiger partial charge in [0.25, 0.3) is 0 Å². The molecule has 0 saturated heterocycles. The Hall–Kier alpha value is -3.34. The zero-order valence-electron chi connectivity index (χ0n) is 22.0. The molecule has 0 heterocycles. The Labute approximate surface area is 222 Å². The molecule has 1 aliphatic carbocycles. The first-order chi connectivity index (χ1) is 18.4. The number of halogens is 4. The Balaban J connectivity index is 1.51. The average molecular weight is 523 g/mol. The summed E-state index contributed by atoms with van der Waals surface area (Å²) in [5.74, 6) is -3.47. The van der Waals surface area contributed by atoms with Gasteiger partial charge in [-0.05, 0) is 67.4 Å². The number of allylic oxidation sites excluding steroid dienone is 4. The van der Waals surface area contributed by atoms with Crippen LogP contribution >= 0.6 is 0 Å². The van der Waals surface area contributed by atoms with Crippen molar-refractivity contribution in [2.75, 3.05) is 6.61 Å². The van der Waals surface area contributed by atoms with Crippen molar-refractivity contribution < 1.29 is 22.3 Å². The molecule has 0 saturated carbocycles. The van der Waals surface area contributed by atoms with Crippen molar-refractivity contribution in [2.24, 2.45) is 5.92 Å². The molecule has 0 amide bonds. The maximum absolute atomic E-state index is 15.1. The van der Waals surface area contributed by atoms with Gasteiger partial charge >= 0.3 is 0 Å². The molecule has 0 radical (unpaired) electrons. The van der Waals surface area contributed by atoms with E-state index in [0.29, 0.717) is 35.6 Å². The lowest BCUT2D eigenvalue weighted by atomic mass is 9.85. The third kappa shape index (κ3) is 6.20. The normalized spacial score (nSPS) is 15.6. The Morgan fingerprint density at radius 2 is 1.37 bits per heavy atom. The molecule has 0 fully saturated rings. The van der Waals surface area contributed by atoms with Crippen LogP contribution in [0.15, 0.2) is 66.8 Å². The Morgan fingerprint density at radius 3 is 1.97 bits per heavy atom. The Morgan fingerprint density at radius 1 is 0.763 bits per heavy atom. The standard InChI is InChI=1S/C33H34F4O/c1-3-5-6-7-21-38-29-20-19-28(32(36)33(29)37)25-15-13-24(14-16-25)27-18-17-26(30(34)31(27)35)23-11-9-22(8-4-2)10-12-23/h4,8,11,13-20,22H,3,5-7,9-10,12,21H2,1-2H3. The molecule has 1 aliphatic rings. The predicted molar refractivity (Wildman–Crippen MR) is 147 cm³/mol. The van der Waals surface area contributed by atoms with Crippen LogP contribution in [0, 0.1) is 29.2 Å². The van der Waals surface area contributed by atoms with Crippen molar-refractivity contribution in [3.8, 4) is 28.0 Å². The van der Waals surface area contributed by atoms with Crippen LogP contribution in [0.3, 0.4) is 0 Å². The number of benzene rings is 3. The summed E-state index contributed by atoms with van der Waals surface area (Å²) in [7, 11) is 0. The lowest BCUT2D eigenvalue weighted by molar-refractivity contribution is 0.285. The summed E-state index contributed by atoms with van der Waals surface area (Å²) in [4.78, 5) is 0. The highest BCUT2D eigenvalue weighted by Crippen LogP contribution is 2.36. The van der Waals surface area contributed by atoms with Gasteiger partial charge in [0.15, 0.2) is 23.2 Å². The van der Waals surface area contributed by atoms with Gasteiger partial charge < -0.3 is 4.74 Å². The molecule has 5 heteroatoms. The van der Waals surface area contributed by atoms with Crippen molar-refractivity contribution in [1.29, 1.82) is 0 Å². The fourth-order valence-electron chi connectivity index (χ4n) is 4.97. The summed E-state index contributed by atoms with van der Waals surface area (Å²) >= 11 is 0. The van der Waals surface area contributed by atoms with E-state index in [4.69, 9.17) is 4.74 Å². The first-order valence-electron chi connectivity index (χ1n) is 13.5. The van der Waals surface area contributed by atoms with Crippen LogP contribution in [-0.4, -0.2) is 6.61 Å². The van der Waals surface area contributed by atoms with Crippen molar-refractivity contribution in [2.45, 2.75) is 58.8 Å². The van der Waals surface area contributed by atoms with E-state index in [0.717, 1.165) is 44.1 Å². The topological polar surface area (TPSA) is 9.23 Å². The molecule has 3 aromatic carbocycles. The highest BCUT2D eigenvalue weighted by molar-refractivity contribution is 5.74. The van der Waals surface area contributed by atoms with Gasteiger partial charge in [0, 0.05) is 16.7 Å². The monoisotopic (exact) mass is 522 g/mol. The third-order valence-corrected chi connectivity index (χ3v) is 7.15. The maximum Gasteiger partial charge on any atom is 0.201 e. The number of ether oxygens (including phenoxy) is 1. The van der Waals surface area contributed by atoms with Crippen LogP contribution in [0.1, 0.15) is 64.4 Å². The summed E-state index contributed by atoms with van der Waals surface area (Å²) in [6, 6.07) is 12.4. The minimum atomic E-state index is -1.03. The van der Waals surface area contributed by atoms with Gasteiger partial charge in [-0.1, -0.05) is 80.8 Å². The molecule has 0 aliphatic heterocycles. The molecular weight excluding hydrogens is 488 g/mol. The smallest absolute Gasteiger partial charge is 0.201 e. The molecule has 1 atom stereocenters. The van der Waals surface area contributed by atoms with Gasteiger partial charge in [0.1, 0.15) is 0 Å². The molecule has 38 heavy (non-hydrogen) atoms. The number of rotatable bonds is 10. The second kappa shape index (κ2) is 12.9. The van der Waals surface area contributed by atoms with Crippen LogP contribution in [0.4, 0.5) is 17.6 Å². The van der Waals surface area contributed by atoms with Gasteiger partial charge in [-0.2, -0.15) is 4.39 Å². The molecule has 1 unspecified atom stereocenters. The first-order valence-corrected chi connectivity index (χ1v) is 13.5. The lowest BCUT2D eigenvalue weighted by Crippen LogP contribution is -2.05. The van der Waals surface area contributed by atoms with E-state index in [1.807, 2.05) is 19.1 Å². The Bertz CT molecular complexity index is 1310.